The average molecular weight is 276 g/mol. The molecule has 0 fully saturated rings. The Morgan fingerprint density at radius 1 is 1.42 bits per heavy atom. The van der Waals surface area contributed by atoms with Gasteiger partial charge in [0.2, 0.25) is 0 Å². The minimum atomic E-state index is -4.82. The van der Waals surface area contributed by atoms with Gasteiger partial charge in [-0.25, -0.2) is 0 Å². The maximum atomic E-state index is 12.6. The summed E-state index contributed by atoms with van der Waals surface area (Å²) >= 11 is 0. The lowest BCUT2D eigenvalue weighted by atomic mass is 10.0. The Kier molecular flexibility index (Phi) is 4.54. The molecule has 0 radical (unpaired) electrons. The molecule has 0 aliphatic carbocycles. The lowest BCUT2D eigenvalue weighted by molar-refractivity contribution is -0.184. The van der Waals surface area contributed by atoms with E-state index in [-0.39, 0.29) is 5.69 Å². The van der Waals surface area contributed by atoms with E-state index in [1.54, 1.807) is 12.1 Å². The Labute approximate surface area is 108 Å². The summed E-state index contributed by atoms with van der Waals surface area (Å²) in [5.74, 6) is -1.31. The first-order chi connectivity index (χ1) is 8.68. The zero-order valence-electron chi connectivity index (χ0n) is 10.5. The predicted molar refractivity (Wildman–Crippen MR) is 64.4 cm³/mol. The Balaban J connectivity index is 2.85. The predicted octanol–water partition coefficient (Wildman–Crippen LogP) is 2.05. The third kappa shape index (κ3) is 3.68. The van der Waals surface area contributed by atoms with Crippen LogP contribution in [0.1, 0.15) is 12.5 Å². The molecular formula is C12H15F3N2O2. The van der Waals surface area contributed by atoms with Crippen LogP contribution in [0.2, 0.25) is 0 Å². The largest absolute Gasteiger partial charge is 0.415 e. The number of carbonyl (C=O) groups excluding carboxylic acids is 1. The average Bonchev–Trinajstić information content (AvgIpc) is 2.28. The number of alkyl halides is 3. The second-order valence-electron chi connectivity index (χ2n) is 4.29. The number of hydrogen-bond donors (Lipinski definition) is 2. The number of rotatable bonds is 4. The number of benzene rings is 1. The van der Waals surface area contributed by atoms with E-state index in [9.17, 15) is 18.0 Å². The Bertz CT molecular complexity index is 459. The molecule has 106 valence electrons. The number of ether oxygens (including phenoxy) is 1. The minimum Gasteiger partial charge on any atom is -0.380 e. The van der Waals surface area contributed by atoms with Gasteiger partial charge >= 0.3 is 6.18 Å². The fraction of sp³-hybridized carbons (Fsp3) is 0.417. The van der Waals surface area contributed by atoms with Gasteiger partial charge in [0.1, 0.15) is 0 Å². The van der Waals surface area contributed by atoms with E-state index in [1.165, 1.54) is 19.2 Å². The molecule has 1 aromatic rings. The van der Waals surface area contributed by atoms with Crippen LogP contribution in [-0.4, -0.2) is 24.7 Å². The molecule has 0 aliphatic heterocycles. The molecule has 1 amide bonds. The van der Waals surface area contributed by atoms with Crippen LogP contribution < -0.4 is 11.1 Å². The zero-order valence-corrected chi connectivity index (χ0v) is 10.5. The van der Waals surface area contributed by atoms with Crippen molar-refractivity contribution < 1.29 is 22.7 Å². The summed E-state index contributed by atoms with van der Waals surface area (Å²) in [6.07, 6.45) is -4.82. The monoisotopic (exact) mass is 276 g/mol. The lowest BCUT2D eigenvalue weighted by Gasteiger charge is -2.26. The molecule has 1 atom stereocenters. The first kappa shape index (κ1) is 15.5. The molecule has 1 rings (SSSR count). The highest BCUT2D eigenvalue weighted by atomic mass is 19.4. The zero-order chi connectivity index (χ0) is 14.7. The normalized spacial score (nSPS) is 14.8. The van der Waals surface area contributed by atoms with E-state index < -0.39 is 17.6 Å². The molecule has 3 N–H and O–H groups in total. The summed E-state index contributed by atoms with van der Waals surface area (Å²) < 4.78 is 42.6. The smallest absolute Gasteiger partial charge is 0.380 e. The fourth-order valence-electron chi connectivity index (χ4n) is 1.30. The molecule has 0 heterocycles. The van der Waals surface area contributed by atoms with Crippen LogP contribution >= 0.6 is 0 Å². The van der Waals surface area contributed by atoms with Crippen LogP contribution in [0.15, 0.2) is 24.3 Å². The van der Waals surface area contributed by atoms with Gasteiger partial charge in [-0.1, -0.05) is 12.1 Å². The highest BCUT2D eigenvalue weighted by Crippen LogP contribution is 2.29. The molecule has 0 bridgehead atoms. The Morgan fingerprint density at radius 2 is 2.05 bits per heavy atom. The minimum absolute atomic E-state index is 0.237. The number of anilines is 1. The SMILES string of the molecule is COCc1cccc(NC(=O)C(C)(N)C(F)(F)F)c1. The molecule has 0 aliphatic rings. The van der Waals surface area contributed by atoms with Crippen LogP contribution in [0.3, 0.4) is 0 Å². The van der Waals surface area contributed by atoms with E-state index in [4.69, 9.17) is 10.5 Å². The van der Waals surface area contributed by atoms with E-state index >= 15 is 0 Å². The number of nitrogens with two attached hydrogens (primary N) is 1. The first-order valence-electron chi connectivity index (χ1n) is 5.43. The van der Waals surface area contributed by atoms with Crippen molar-refractivity contribution in [1.82, 2.24) is 0 Å². The molecule has 7 heteroatoms. The number of carbonyl (C=O) groups is 1. The fourth-order valence-corrected chi connectivity index (χ4v) is 1.30. The molecule has 0 spiro atoms. The van der Waals surface area contributed by atoms with Gasteiger partial charge in [-0.3, -0.25) is 4.79 Å². The van der Waals surface area contributed by atoms with Crippen molar-refractivity contribution in [2.45, 2.75) is 25.2 Å². The third-order valence-electron chi connectivity index (χ3n) is 2.56. The number of halogens is 3. The van der Waals surface area contributed by atoms with E-state index in [2.05, 4.69) is 5.32 Å². The molecule has 0 saturated carbocycles. The van der Waals surface area contributed by atoms with Gasteiger partial charge in [-0.15, -0.1) is 0 Å². The second kappa shape index (κ2) is 5.58. The molecule has 0 saturated heterocycles. The van der Waals surface area contributed by atoms with Crippen molar-refractivity contribution in [3.05, 3.63) is 29.8 Å². The van der Waals surface area contributed by atoms with Gasteiger partial charge in [0.05, 0.1) is 6.61 Å². The summed E-state index contributed by atoms with van der Waals surface area (Å²) in [6, 6.07) is 6.33. The summed E-state index contributed by atoms with van der Waals surface area (Å²) in [4.78, 5) is 11.6. The van der Waals surface area contributed by atoms with Crippen LogP contribution in [-0.2, 0) is 16.1 Å². The Morgan fingerprint density at radius 3 is 2.58 bits per heavy atom. The molecule has 19 heavy (non-hydrogen) atoms. The van der Waals surface area contributed by atoms with Gasteiger partial charge in [-0.05, 0) is 24.6 Å². The standard InChI is InChI=1S/C12H15F3N2O2/c1-11(16,12(13,14)15)10(18)17-9-5-3-4-8(6-9)7-19-2/h3-6H,7,16H2,1-2H3,(H,17,18). The number of nitrogens with one attached hydrogen (secondary N) is 1. The molecular weight excluding hydrogens is 261 g/mol. The van der Waals surface area contributed by atoms with Crippen LogP contribution in [0.25, 0.3) is 0 Å². The van der Waals surface area contributed by atoms with Crippen LogP contribution in [0.4, 0.5) is 18.9 Å². The first-order valence-corrected chi connectivity index (χ1v) is 5.43. The highest BCUT2D eigenvalue weighted by molar-refractivity contribution is 5.98. The Hall–Kier alpha value is -1.60. The summed E-state index contributed by atoms with van der Waals surface area (Å²) in [5.41, 5.74) is 3.04. The number of methoxy groups -OCH3 is 1. The van der Waals surface area contributed by atoms with Crippen molar-refractivity contribution in [2.24, 2.45) is 5.73 Å². The van der Waals surface area contributed by atoms with Crippen LogP contribution in [0, 0.1) is 0 Å². The maximum absolute atomic E-state index is 12.6. The van der Waals surface area contributed by atoms with Crippen molar-refractivity contribution >= 4 is 11.6 Å². The number of hydrogen-bond acceptors (Lipinski definition) is 3. The molecule has 1 aromatic carbocycles. The third-order valence-corrected chi connectivity index (χ3v) is 2.56. The van der Waals surface area contributed by atoms with E-state index in [0.29, 0.717) is 13.5 Å². The summed E-state index contributed by atoms with van der Waals surface area (Å²) in [7, 11) is 1.49. The quantitative estimate of drug-likeness (QED) is 0.884. The summed E-state index contributed by atoms with van der Waals surface area (Å²) in [6.45, 7) is 0.921. The second-order valence-corrected chi connectivity index (χ2v) is 4.29. The topological polar surface area (TPSA) is 64.3 Å². The molecule has 1 unspecified atom stereocenters. The van der Waals surface area contributed by atoms with Crippen molar-refractivity contribution in [3.8, 4) is 0 Å². The molecule has 0 aromatic heterocycles. The van der Waals surface area contributed by atoms with E-state index in [0.717, 1.165) is 5.56 Å². The van der Waals surface area contributed by atoms with Gasteiger partial charge in [0.15, 0.2) is 5.54 Å². The highest BCUT2D eigenvalue weighted by Gasteiger charge is 2.53. The maximum Gasteiger partial charge on any atom is 0.415 e. The van der Waals surface area contributed by atoms with Crippen molar-refractivity contribution in [2.75, 3.05) is 12.4 Å². The molecule has 4 nitrogen and oxygen atoms in total. The van der Waals surface area contributed by atoms with Crippen LogP contribution in [0.5, 0.6) is 0 Å². The summed E-state index contributed by atoms with van der Waals surface area (Å²) in [5, 5.41) is 2.15. The van der Waals surface area contributed by atoms with Gasteiger partial charge < -0.3 is 15.8 Å². The van der Waals surface area contributed by atoms with Gasteiger partial charge in [-0.2, -0.15) is 13.2 Å². The van der Waals surface area contributed by atoms with Crippen molar-refractivity contribution in [3.63, 3.8) is 0 Å². The number of amides is 1. The van der Waals surface area contributed by atoms with Gasteiger partial charge in [0.25, 0.3) is 5.91 Å². The van der Waals surface area contributed by atoms with E-state index in [1.807, 2.05) is 0 Å². The lowest BCUT2D eigenvalue weighted by Crippen LogP contribution is -2.59. The van der Waals surface area contributed by atoms with Gasteiger partial charge in [0, 0.05) is 12.8 Å². The van der Waals surface area contributed by atoms with Crippen molar-refractivity contribution in [1.29, 1.82) is 0 Å².